The van der Waals surface area contributed by atoms with Gasteiger partial charge in [-0.05, 0) is 12.8 Å². The lowest BCUT2D eigenvalue weighted by Gasteiger charge is -2.20. The zero-order chi connectivity index (χ0) is 14.6. The molecule has 1 fully saturated rings. The summed E-state index contributed by atoms with van der Waals surface area (Å²) in [7, 11) is 3.66. The fourth-order valence-electron chi connectivity index (χ4n) is 2.97. The third-order valence-electron chi connectivity index (χ3n) is 4.38. The molecule has 1 aliphatic carbocycles. The molecule has 20 heavy (non-hydrogen) atoms. The maximum absolute atomic E-state index is 11.6. The largest absolute Gasteiger partial charge is 0.349 e. The van der Waals surface area contributed by atoms with Gasteiger partial charge in [0.25, 0.3) is 0 Å². The monoisotopic (exact) mass is 282 g/mol. The second-order valence-corrected chi connectivity index (χ2v) is 6.45. The molecule has 0 heterocycles. The SMILES string of the molecule is CN(C)C(=O)CCNC1CCCCCCCCCCC1. The summed E-state index contributed by atoms with van der Waals surface area (Å²) >= 11 is 0. The fourth-order valence-corrected chi connectivity index (χ4v) is 2.97. The Morgan fingerprint density at radius 1 is 0.900 bits per heavy atom. The topological polar surface area (TPSA) is 32.3 Å². The Bertz CT molecular complexity index is 241. The van der Waals surface area contributed by atoms with Crippen LogP contribution in [-0.4, -0.2) is 37.5 Å². The summed E-state index contributed by atoms with van der Waals surface area (Å²) in [5.74, 6) is 0.227. The van der Waals surface area contributed by atoms with Crippen LogP contribution in [0.15, 0.2) is 0 Å². The Morgan fingerprint density at radius 2 is 1.35 bits per heavy atom. The van der Waals surface area contributed by atoms with Crippen LogP contribution in [0.2, 0.25) is 0 Å². The highest BCUT2D eigenvalue weighted by Gasteiger charge is 2.10. The second-order valence-electron chi connectivity index (χ2n) is 6.45. The van der Waals surface area contributed by atoms with E-state index in [4.69, 9.17) is 0 Å². The molecule has 0 aliphatic heterocycles. The van der Waals surface area contributed by atoms with E-state index in [0.717, 1.165) is 6.54 Å². The van der Waals surface area contributed by atoms with Crippen LogP contribution < -0.4 is 5.32 Å². The van der Waals surface area contributed by atoms with E-state index in [1.165, 1.54) is 70.6 Å². The van der Waals surface area contributed by atoms with Gasteiger partial charge in [0.05, 0.1) is 0 Å². The van der Waals surface area contributed by atoms with Gasteiger partial charge in [-0.1, -0.05) is 57.8 Å². The van der Waals surface area contributed by atoms with Gasteiger partial charge < -0.3 is 10.2 Å². The summed E-state index contributed by atoms with van der Waals surface area (Å²) in [4.78, 5) is 13.3. The summed E-state index contributed by atoms with van der Waals surface area (Å²) < 4.78 is 0. The normalized spacial score (nSPS) is 19.9. The molecule has 0 saturated heterocycles. The van der Waals surface area contributed by atoms with Gasteiger partial charge in [-0.3, -0.25) is 4.79 Å². The lowest BCUT2D eigenvalue weighted by molar-refractivity contribution is -0.128. The smallest absolute Gasteiger partial charge is 0.223 e. The highest BCUT2D eigenvalue weighted by molar-refractivity contribution is 5.75. The summed E-state index contributed by atoms with van der Waals surface area (Å²) in [5.41, 5.74) is 0. The lowest BCUT2D eigenvalue weighted by atomic mass is 9.98. The molecule has 118 valence electrons. The van der Waals surface area contributed by atoms with Crippen molar-refractivity contribution in [2.24, 2.45) is 0 Å². The van der Waals surface area contributed by atoms with E-state index in [0.29, 0.717) is 12.5 Å². The highest BCUT2D eigenvalue weighted by atomic mass is 16.2. The number of rotatable bonds is 4. The molecule has 1 saturated carbocycles. The van der Waals surface area contributed by atoms with Gasteiger partial charge >= 0.3 is 0 Å². The molecule has 0 aromatic rings. The first kappa shape index (κ1) is 17.5. The van der Waals surface area contributed by atoms with Gasteiger partial charge in [-0.2, -0.15) is 0 Å². The molecule has 3 heteroatoms. The Labute approximate surface area is 125 Å². The standard InChI is InChI=1S/C17H34N2O/c1-19(2)17(20)14-15-18-16-12-10-8-6-4-3-5-7-9-11-13-16/h16,18H,3-15H2,1-2H3. The van der Waals surface area contributed by atoms with E-state index < -0.39 is 0 Å². The van der Waals surface area contributed by atoms with E-state index in [9.17, 15) is 4.79 Å². The van der Waals surface area contributed by atoms with Crippen molar-refractivity contribution in [3.8, 4) is 0 Å². The van der Waals surface area contributed by atoms with Crippen LogP contribution in [0.4, 0.5) is 0 Å². The molecule has 1 amide bonds. The van der Waals surface area contributed by atoms with Crippen LogP contribution in [0.5, 0.6) is 0 Å². The van der Waals surface area contributed by atoms with Crippen LogP contribution in [0.1, 0.15) is 77.0 Å². The van der Waals surface area contributed by atoms with Crippen molar-refractivity contribution in [3.63, 3.8) is 0 Å². The molecule has 0 radical (unpaired) electrons. The maximum atomic E-state index is 11.6. The van der Waals surface area contributed by atoms with Crippen LogP contribution >= 0.6 is 0 Å². The Kier molecular flexibility index (Phi) is 9.73. The Hall–Kier alpha value is -0.570. The van der Waals surface area contributed by atoms with Crippen LogP contribution in [0, 0.1) is 0 Å². The first-order chi connectivity index (χ1) is 9.70. The number of carbonyl (C=O) groups is 1. The average Bonchev–Trinajstić information content (AvgIpc) is 2.41. The lowest BCUT2D eigenvalue weighted by Crippen LogP contribution is -2.33. The van der Waals surface area contributed by atoms with Crippen molar-refractivity contribution in [1.82, 2.24) is 10.2 Å². The zero-order valence-electron chi connectivity index (χ0n) is 13.6. The molecule has 0 bridgehead atoms. The second kappa shape index (κ2) is 11.1. The van der Waals surface area contributed by atoms with Crippen molar-refractivity contribution < 1.29 is 4.79 Å². The molecular weight excluding hydrogens is 248 g/mol. The number of amides is 1. The molecule has 0 spiro atoms. The number of hydrogen-bond donors (Lipinski definition) is 1. The molecular formula is C17H34N2O. The summed E-state index contributed by atoms with van der Waals surface area (Å²) in [5, 5.41) is 3.61. The number of hydrogen-bond acceptors (Lipinski definition) is 2. The van der Waals surface area contributed by atoms with E-state index in [-0.39, 0.29) is 5.91 Å². The minimum atomic E-state index is 0.227. The first-order valence-corrected chi connectivity index (χ1v) is 8.63. The molecule has 1 N–H and O–H groups in total. The van der Waals surface area contributed by atoms with E-state index in [1.807, 2.05) is 14.1 Å². The van der Waals surface area contributed by atoms with Crippen LogP contribution in [-0.2, 0) is 4.79 Å². The Morgan fingerprint density at radius 3 is 1.80 bits per heavy atom. The predicted octanol–water partition coefficient (Wildman–Crippen LogP) is 3.73. The molecule has 1 rings (SSSR count). The van der Waals surface area contributed by atoms with Gasteiger partial charge in [0.1, 0.15) is 0 Å². The molecule has 1 aliphatic rings. The number of nitrogens with one attached hydrogen (secondary N) is 1. The van der Waals surface area contributed by atoms with Gasteiger partial charge in [-0.15, -0.1) is 0 Å². The minimum absolute atomic E-state index is 0.227. The van der Waals surface area contributed by atoms with Crippen molar-refractivity contribution in [2.75, 3.05) is 20.6 Å². The molecule has 0 unspecified atom stereocenters. The van der Waals surface area contributed by atoms with Gasteiger partial charge in [-0.25, -0.2) is 0 Å². The third kappa shape index (κ3) is 8.57. The van der Waals surface area contributed by atoms with Gasteiger partial charge in [0, 0.05) is 33.1 Å². The first-order valence-electron chi connectivity index (χ1n) is 8.63. The predicted molar refractivity (Wildman–Crippen MR) is 85.9 cm³/mol. The van der Waals surface area contributed by atoms with Crippen molar-refractivity contribution >= 4 is 5.91 Å². The summed E-state index contributed by atoms with van der Waals surface area (Å²) in [6.07, 6.45) is 15.8. The van der Waals surface area contributed by atoms with Crippen molar-refractivity contribution in [3.05, 3.63) is 0 Å². The third-order valence-corrected chi connectivity index (χ3v) is 4.38. The highest BCUT2D eigenvalue weighted by Crippen LogP contribution is 2.16. The van der Waals surface area contributed by atoms with Crippen molar-refractivity contribution in [1.29, 1.82) is 0 Å². The Balaban J connectivity index is 2.22. The van der Waals surface area contributed by atoms with Crippen molar-refractivity contribution in [2.45, 2.75) is 83.1 Å². The van der Waals surface area contributed by atoms with Gasteiger partial charge in [0.15, 0.2) is 0 Å². The van der Waals surface area contributed by atoms with E-state index in [2.05, 4.69) is 5.32 Å². The minimum Gasteiger partial charge on any atom is -0.349 e. The number of carbonyl (C=O) groups excluding carboxylic acids is 1. The zero-order valence-corrected chi connectivity index (χ0v) is 13.6. The van der Waals surface area contributed by atoms with Gasteiger partial charge in [0.2, 0.25) is 5.91 Å². The van der Waals surface area contributed by atoms with E-state index >= 15 is 0 Å². The van der Waals surface area contributed by atoms with Crippen LogP contribution in [0.25, 0.3) is 0 Å². The summed E-state index contributed by atoms with van der Waals surface area (Å²) in [6, 6.07) is 0.629. The molecule has 0 aromatic carbocycles. The molecule has 3 nitrogen and oxygen atoms in total. The van der Waals surface area contributed by atoms with E-state index in [1.54, 1.807) is 4.90 Å². The quantitative estimate of drug-likeness (QED) is 0.852. The fraction of sp³-hybridized carbons (Fsp3) is 0.941. The van der Waals surface area contributed by atoms with Crippen LogP contribution in [0.3, 0.4) is 0 Å². The maximum Gasteiger partial charge on any atom is 0.223 e. The molecule has 0 atom stereocenters. The average molecular weight is 282 g/mol. The summed E-state index contributed by atoms with van der Waals surface area (Å²) in [6.45, 7) is 0.835. The molecule has 0 aromatic heterocycles. The number of nitrogens with zero attached hydrogens (tertiary/aromatic N) is 1.